The van der Waals surface area contributed by atoms with Crippen molar-refractivity contribution in [2.24, 2.45) is 0 Å². The van der Waals surface area contributed by atoms with E-state index in [1.165, 1.54) is 26.0 Å². The molecule has 1 atom stereocenters. The second-order valence-corrected chi connectivity index (χ2v) is 5.70. The number of aryl methyl sites for hydroxylation is 1. The number of para-hydroxylation sites is 1. The summed E-state index contributed by atoms with van der Waals surface area (Å²) >= 11 is 0. The first-order valence-corrected chi connectivity index (χ1v) is 7.87. The van der Waals surface area contributed by atoms with Crippen LogP contribution in [0.3, 0.4) is 0 Å². The van der Waals surface area contributed by atoms with Crippen LogP contribution >= 0.6 is 0 Å². The fraction of sp³-hybridized carbons (Fsp3) is 0.294. The third-order valence-electron chi connectivity index (χ3n) is 3.77. The van der Waals surface area contributed by atoms with Crippen molar-refractivity contribution in [2.45, 2.75) is 32.5 Å². The number of carboxylic acids is 1. The Morgan fingerprint density at radius 1 is 1.30 bits per heavy atom. The number of carbonyl (C=O) groups is 2. The number of rotatable bonds is 5. The van der Waals surface area contributed by atoms with Crippen molar-refractivity contribution in [2.75, 3.05) is 0 Å². The molecule has 0 radical (unpaired) electrons. The summed E-state index contributed by atoms with van der Waals surface area (Å²) in [6.45, 7) is 2.88. The maximum absolute atomic E-state index is 13.3. The molecule has 1 aromatic heterocycles. The van der Waals surface area contributed by atoms with Crippen LogP contribution in [0.25, 0.3) is 5.69 Å². The number of halogens is 3. The summed E-state index contributed by atoms with van der Waals surface area (Å²) in [4.78, 5) is 35.4. The predicted molar refractivity (Wildman–Crippen MR) is 88.8 cm³/mol. The number of carbonyl (C=O) groups excluding carboxylic acids is 1. The standard InChI is InChI=1S/C17H16F3N3O4/c1-3-11(16(26)27)21-15(25)14-13(24)8-9(2)23(22-14)12-7-5-4-6-10(12)17(18,19)20/h4-8,11H,3H2,1-2H3,(H,21,25)(H,26,27). The molecule has 0 spiro atoms. The molecular weight excluding hydrogens is 367 g/mol. The number of amides is 1. The summed E-state index contributed by atoms with van der Waals surface area (Å²) in [6, 6.07) is 4.29. The Labute approximate surface area is 151 Å². The van der Waals surface area contributed by atoms with Gasteiger partial charge >= 0.3 is 12.1 Å². The molecule has 10 heteroatoms. The summed E-state index contributed by atoms with van der Waals surface area (Å²) in [5, 5.41) is 14.9. The van der Waals surface area contributed by atoms with Gasteiger partial charge in [-0.25, -0.2) is 9.48 Å². The Morgan fingerprint density at radius 2 is 1.93 bits per heavy atom. The molecule has 7 nitrogen and oxygen atoms in total. The fourth-order valence-electron chi connectivity index (χ4n) is 2.41. The van der Waals surface area contributed by atoms with E-state index in [9.17, 15) is 27.6 Å². The van der Waals surface area contributed by atoms with E-state index in [0.717, 1.165) is 22.9 Å². The number of benzene rings is 1. The van der Waals surface area contributed by atoms with E-state index in [1.807, 2.05) is 0 Å². The number of nitrogens with zero attached hydrogens (tertiary/aromatic N) is 2. The maximum Gasteiger partial charge on any atom is 0.418 e. The second-order valence-electron chi connectivity index (χ2n) is 5.70. The predicted octanol–water partition coefficient (Wildman–Crippen LogP) is 2.15. The number of carboxylic acid groups (broad SMARTS) is 1. The highest BCUT2D eigenvalue weighted by molar-refractivity contribution is 5.94. The van der Waals surface area contributed by atoms with E-state index in [-0.39, 0.29) is 17.8 Å². The number of hydrogen-bond donors (Lipinski definition) is 2. The molecular formula is C17H16F3N3O4. The van der Waals surface area contributed by atoms with Gasteiger partial charge in [0, 0.05) is 11.8 Å². The zero-order chi connectivity index (χ0) is 20.4. The van der Waals surface area contributed by atoms with Crippen LogP contribution in [-0.4, -0.2) is 32.8 Å². The minimum absolute atomic E-state index is 0.0536. The molecule has 1 unspecified atom stereocenters. The zero-order valence-electron chi connectivity index (χ0n) is 14.4. The van der Waals surface area contributed by atoms with Crippen LogP contribution in [0.4, 0.5) is 13.2 Å². The number of aromatic nitrogens is 2. The lowest BCUT2D eigenvalue weighted by Crippen LogP contribution is -2.42. The minimum Gasteiger partial charge on any atom is -0.480 e. The van der Waals surface area contributed by atoms with Gasteiger partial charge in [0.25, 0.3) is 5.91 Å². The van der Waals surface area contributed by atoms with E-state index >= 15 is 0 Å². The largest absolute Gasteiger partial charge is 0.480 e. The van der Waals surface area contributed by atoms with Crippen molar-refractivity contribution in [1.82, 2.24) is 15.1 Å². The number of aliphatic carboxylic acids is 1. The topological polar surface area (TPSA) is 101 Å². The first-order chi connectivity index (χ1) is 12.6. The van der Waals surface area contributed by atoms with Crippen molar-refractivity contribution in [3.05, 3.63) is 57.5 Å². The summed E-state index contributed by atoms with van der Waals surface area (Å²) < 4.78 is 40.6. The SMILES string of the molecule is CCC(NC(=O)c1nn(-c2ccccc2C(F)(F)F)c(C)cc1=O)C(=O)O. The molecule has 0 bridgehead atoms. The van der Waals surface area contributed by atoms with Gasteiger partial charge in [0.15, 0.2) is 5.69 Å². The molecule has 144 valence electrons. The molecule has 2 rings (SSSR count). The van der Waals surface area contributed by atoms with E-state index in [2.05, 4.69) is 10.4 Å². The Balaban J connectivity index is 2.57. The van der Waals surface area contributed by atoms with Gasteiger partial charge in [-0.3, -0.25) is 9.59 Å². The Bertz CT molecular complexity index is 938. The van der Waals surface area contributed by atoms with Crippen LogP contribution < -0.4 is 10.7 Å². The van der Waals surface area contributed by atoms with Crippen LogP contribution in [-0.2, 0) is 11.0 Å². The van der Waals surface area contributed by atoms with Gasteiger partial charge in [-0.2, -0.15) is 18.3 Å². The average molecular weight is 383 g/mol. The average Bonchev–Trinajstić information content (AvgIpc) is 2.58. The fourth-order valence-corrected chi connectivity index (χ4v) is 2.41. The van der Waals surface area contributed by atoms with Crippen LogP contribution in [0.5, 0.6) is 0 Å². The first-order valence-electron chi connectivity index (χ1n) is 7.87. The number of hydrogen-bond acceptors (Lipinski definition) is 4. The number of alkyl halides is 3. The molecule has 2 aromatic rings. The summed E-state index contributed by atoms with van der Waals surface area (Å²) in [6.07, 6.45) is -4.62. The van der Waals surface area contributed by atoms with E-state index in [4.69, 9.17) is 5.11 Å². The lowest BCUT2D eigenvalue weighted by Gasteiger charge is -2.17. The molecule has 1 heterocycles. The van der Waals surface area contributed by atoms with Crippen LogP contribution in [0.2, 0.25) is 0 Å². The minimum atomic E-state index is -4.67. The van der Waals surface area contributed by atoms with Gasteiger partial charge in [-0.1, -0.05) is 19.1 Å². The van der Waals surface area contributed by atoms with E-state index in [0.29, 0.717) is 0 Å². The molecule has 0 fully saturated rings. The van der Waals surface area contributed by atoms with Gasteiger partial charge in [0.1, 0.15) is 6.04 Å². The summed E-state index contributed by atoms with van der Waals surface area (Å²) in [5.41, 5.74) is -2.80. The first kappa shape index (κ1) is 20.1. The number of nitrogens with one attached hydrogen (secondary N) is 1. The van der Waals surface area contributed by atoms with Gasteiger partial charge in [-0.15, -0.1) is 0 Å². The normalized spacial score (nSPS) is 12.5. The monoisotopic (exact) mass is 383 g/mol. The second kappa shape index (κ2) is 7.60. The molecule has 0 saturated carbocycles. The molecule has 0 aliphatic heterocycles. The third kappa shape index (κ3) is 4.33. The molecule has 1 aromatic carbocycles. The van der Waals surface area contributed by atoms with Crippen molar-refractivity contribution in [3.8, 4) is 5.69 Å². The quantitative estimate of drug-likeness (QED) is 0.824. The van der Waals surface area contributed by atoms with Gasteiger partial charge < -0.3 is 10.4 Å². The highest BCUT2D eigenvalue weighted by Crippen LogP contribution is 2.33. The lowest BCUT2D eigenvalue weighted by molar-refractivity contribution is -0.139. The molecule has 27 heavy (non-hydrogen) atoms. The van der Waals surface area contributed by atoms with Crippen LogP contribution in [0, 0.1) is 6.92 Å². The molecule has 1 amide bonds. The van der Waals surface area contributed by atoms with Gasteiger partial charge in [0.05, 0.1) is 11.3 Å². The van der Waals surface area contributed by atoms with Crippen molar-refractivity contribution in [3.63, 3.8) is 0 Å². The highest BCUT2D eigenvalue weighted by Gasteiger charge is 2.34. The van der Waals surface area contributed by atoms with Gasteiger partial charge in [0.2, 0.25) is 5.43 Å². The Morgan fingerprint density at radius 3 is 2.48 bits per heavy atom. The van der Waals surface area contributed by atoms with Crippen LogP contribution in [0.1, 0.15) is 35.1 Å². The third-order valence-corrected chi connectivity index (χ3v) is 3.77. The molecule has 0 aliphatic carbocycles. The summed E-state index contributed by atoms with van der Waals surface area (Å²) in [5.74, 6) is -2.38. The van der Waals surface area contributed by atoms with Crippen molar-refractivity contribution < 1.29 is 27.9 Å². The Hall–Kier alpha value is -3.17. The van der Waals surface area contributed by atoms with E-state index in [1.54, 1.807) is 0 Å². The lowest BCUT2D eigenvalue weighted by atomic mass is 10.1. The highest BCUT2D eigenvalue weighted by atomic mass is 19.4. The van der Waals surface area contributed by atoms with Gasteiger partial charge in [-0.05, 0) is 25.5 Å². The smallest absolute Gasteiger partial charge is 0.418 e. The van der Waals surface area contributed by atoms with E-state index < -0.39 is 40.8 Å². The molecule has 2 N–H and O–H groups in total. The van der Waals surface area contributed by atoms with Crippen molar-refractivity contribution in [1.29, 1.82) is 0 Å². The zero-order valence-corrected chi connectivity index (χ0v) is 14.4. The Kier molecular flexibility index (Phi) is 5.67. The molecule has 0 aliphatic rings. The summed E-state index contributed by atoms with van der Waals surface area (Å²) in [7, 11) is 0. The maximum atomic E-state index is 13.3. The molecule has 0 saturated heterocycles. The van der Waals surface area contributed by atoms with Crippen LogP contribution in [0.15, 0.2) is 35.1 Å². The van der Waals surface area contributed by atoms with Crippen molar-refractivity contribution >= 4 is 11.9 Å².